The van der Waals surface area contributed by atoms with Crippen molar-refractivity contribution in [1.82, 2.24) is 15.1 Å². The highest BCUT2D eigenvalue weighted by Gasteiger charge is 2.28. The van der Waals surface area contributed by atoms with Gasteiger partial charge in [0, 0.05) is 51.2 Å². The van der Waals surface area contributed by atoms with Crippen molar-refractivity contribution in [3.63, 3.8) is 0 Å². The van der Waals surface area contributed by atoms with Crippen LogP contribution in [-0.4, -0.2) is 67.6 Å². The lowest BCUT2D eigenvalue weighted by molar-refractivity contribution is -0.122. The third kappa shape index (κ3) is 4.26. The molecule has 17 heavy (non-hydrogen) atoms. The second kappa shape index (κ2) is 6.93. The van der Waals surface area contributed by atoms with Gasteiger partial charge in [-0.15, -0.1) is 0 Å². The molecule has 2 atom stereocenters. The quantitative estimate of drug-likeness (QED) is 0.681. The third-order valence-corrected chi connectivity index (χ3v) is 3.42. The number of piperazine rings is 1. The highest BCUT2D eigenvalue weighted by Crippen LogP contribution is 2.13. The van der Waals surface area contributed by atoms with Crippen LogP contribution in [0.25, 0.3) is 0 Å². The predicted octanol–water partition coefficient (Wildman–Crippen LogP) is -0.524. The molecule has 2 unspecified atom stereocenters. The summed E-state index contributed by atoms with van der Waals surface area (Å²) in [6, 6.07) is 0.641. The number of carbonyl (C=O) groups excluding carboxylic acids is 1. The van der Waals surface area contributed by atoms with Gasteiger partial charge in [0.2, 0.25) is 5.91 Å². The average Bonchev–Trinajstić information content (AvgIpc) is 2.27. The van der Waals surface area contributed by atoms with E-state index >= 15 is 0 Å². The Morgan fingerprint density at radius 2 is 2.24 bits per heavy atom. The molecule has 1 fully saturated rings. The van der Waals surface area contributed by atoms with Crippen molar-refractivity contribution in [2.45, 2.75) is 32.4 Å². The first kappa shape index (κ1) is 14.4. The first-order valence-electron chi connectivity index (χ1n) is 6.49. The van der Waals surface area contributed by atoms with Crippen molar-refractivity contribution < 1.29 is 4.79 Å². The first-order valence-corrected chi connectivity index (χ1v) is 6.49. The fourth-order valence-corrected chi connectivity index (χ4v) is 2.52. The molecule has 0 bridgehead atoms. The normalized spacial score (nSPS) is 24.6. The van der Waals surface area contributed by atoms with E-state index in [4.69, 9.17) is 5.73 Å². The molecule has 5 heteroatoms. The van der Waals surface area contributed by atoms with Gasteiger partial charge in [-0.3, -0.25) is 9.69 Å². The molecule has 100 valence electrons. The summed E-state index contributed by atoms with van der Waals surface area (Å²) >= 11 is 0. The Balaban J connectivity index is 2.51. The SMILES string of the molecule is CCNC(=O)CC(CN)N1CCN(C)CC1C. The molecule has 1 aliphatic heterocycles. The minimum Gasteiger partial charge on any atom is -0.356 e. The number of hydrogen-bond donors (Lipinski definition) is 2. The molecule has 0 aromatic carbocycles. The largest absolute Gasteiger partial charge is 0.356 e. The van der Waals surface area contributed by atoms with Gasteiger partial charge in [0.15, 0.2) is 0 Å². The molecule has 0 radical (unpaired) electrons. The van der Waals surface area contributed by atoms with Crippen LogP contribution in [0, 0.1) is 0 Å². The van der Waals surface area contributed by atoms with Gasteiger partial charge in [-0.1, -0.05) is 0 Å². The van der Waals surface area contributed by atoms with Gasteiger partial charge in [0.05, 0.1) is 0 Å². The number of amides is 1. The molecule has 1 heterocycles. The number of nitrogens with two attached hydrogens (primary N) is 1. The van der Waals surface area contributed by atoms with Gasteiger partial charge >= 0.3 is 0 Å². The van der Waals surface area contributed by atoms with Gasteiger partial charge in [-0.25, -0.2) is 0 Å². The van der Waals surface area contributed by atoms with E-state index in [0.29, 0.717) is 25.6 Å². The summed E-state index contributed by atoms with van der Waals surface area (Å²) in [5.41, 5.74) is 5.81. The molecule has 1 amide bonds. The average molecular weight is 242 g/mol. The Labute approximate surface area is 104 Å². The summed E-state index contributed by atoms with van der Waals surface area (Å²) < 4.78 is 0. The maximum Gasteiger partial charge on any atom is 0.221 e. The molecule has 0 saturated carbocycles. The number of carbonyl (C=O) groups is 1. The molecule has 3 N–H and O–H groups in total. The molecular weight excluding hydrogens is 216 g/mol. The van der Waals surface area contributed by atoms with E-state index in [2.05, 4.69) is 29.1 Å². The summed E-state index contributed by atoms with van der Waals surface area (Å²) in [6.07, 6.45) is 0.512. The zero-order valence-corrected chi connectivity index (χ0v) is 11.3. The van der Waals surface area contributed by atoms with Crippen LogP contribution in [0.2, 0.25) is 0 Å². The van der Waals surface area contributed by atoms with Gasteiger partial charge in [-0.2, -0.15) is 0 Å². The Morgan fingerprint density at radius 1 is 1.53 bits per heavy atom. The first-order chi connectivity index (χ1) is 8.08. The minimum atomic E-state index is 0.106. The van der Waals surface area contributed by atoms with Gasteiger partial charge < -0.3 is 16.0 Å². The molecule has 0 spiro atoms. The molecule has 0 aromatic heterocycles. The van der Waals surface area contributed by atoms with Crippen molar-refractivity contribution in [3.05, 3.63) is 0 Å². The van der Waals surface area contributed by atoms with Crippen molar-refractivity contribution in [2.24, 2.45) is 5.73 Å². The maximum atomic E-state index is 11.6. The number of likely N-dealkylation sites (N-methyl/N-ethyl adjacent to an activating group) is 1. The van der Waals surface area contributed by atoms with Gasteiger partial charge in [0.1, 0.15) is 0 Å². The monoisotopic (exact) mass is 242 g/mol. The van der Waals surface area contributed by atoms with E-state index in [1.807, 2.05) is 6.92 Å². The number of rotatable bonds is 5. The van der Waals surface area contributed by atoms with Crippen LogP contribution >= 0.6 is 0 Å². The van der Waals surface area contributed by atoms with Crippen molar-refractivity contribution in [2.75, 3.05) is 39.8 Å². The lowest BCUT2D eigenvalue weighted by Crippen LogP contribution is -2.57. The summed E-state index contributed by atoms with van der Waals surface area (Å²) in [7, 11) is 2.13. The Hall–Kier alpha value is -0.650. The van der Waals surface area contributed by atoms with E-state index < -0.39 is 0 Å². The standard InChI is InChI=1S/C12H26N4O/c1-4-14-12(17)7-11(8-13)16-6-5-15(3)9-10(16)2/h10-11H,4-9,13H2,1-3H3,(H,14,17). The highest BCUT2D eigenvalue weighted by molar-refractivity contribution is 5.76. The van der Waals surface area contributed by atoms with E-state index in [1.165, 1.54) is 0 Å². The summed E-state index contributed by atoms with van der Waals surface area (Å²) in [6.45, 7) is 8.48. The van der Waals surface area contributed by atoms with Crippen LogP contribution in [-0.2, 0) is 4.79 Å². The van der Waals surface area contributed by atoms with Crippen LogP contribution in [0.5, 0.6) is 0 Å². The fraction of sp³-hybridized carbons (Fsp3) is 0.917. The summed E-state index contributed by atoms with van der Waals surface area (Å²) in [4.78, 5) is 16.3. The van der Waals surface area contributed by atoms with Gasteiger partial charge in [0.25, 0.3) is 0 Å². The zero-order chi connectivity index (χ0) is 12.8. The molecule has 0 aromatic rings. The van der Waals surface area contributed by atoms with E-state index in [9.17, 15) is 4.79 Å². The topological polar surface area (TPSA) is 61.6 Å². The zero-order valence-electron chi connectivity index (χ0n) is 11.3. The third-order valence-electron chi connectivity index (χ3n) is 3.42. The van der Waals surface area contributed by atoms with Crippen molar-refractivity contribution >= 4 is 5.91 Å². The molecular formula is C12H26N4O. The van der Waals surface area contributed by atoms with Crippen LogP contribution < -0.4 is 11.1 Å². The molecule has 1 rings (SSSR count). The smallest absolute Gasteiger partial charge is 0.221 e. The highest BCUT2D eigenvalue weighted by atomic mass is 16.1. The van der Waals surface area contributed by atoms with E-state index in [0.717, 1.165) is 19.6 Å². The van der Waals surface area contributed by atoms with Gasteiger partial charge in [-0.05, 0) is 20.9 Å². The lowest BCUT2D eigenvalue weighted by Gasteiger charge is -2.42. The Morgan fingerprint density at radius 3 is 2.76 bits per heavy atom. The minimum absolute atomic E-state index is 0.106. The molecule has 1 saturated heterocycles. The summed E-state index contributed by atoms with van der Waals surface area (Å²) in [5.74, 6) is 0.106. The van der Waals surface area contributed by atoms with Crippen LogP contribution in [0.1, 0.15) is 20.3 Å². The number of nitrogens with one attached hydrogen (secondary N) is 1. The lowest BCUT2D eigenvalue weighted by atomic mass is 10.1. The number of hydrogen-bond acceptors (Lipinski definition) is 4. The molecule has 1 aliphatic rings. The van der Waals surface area contributed by atoms with Crippen LogP contribution in [0.4, 0.5) is 0 Å². The fourth-order valence-electron chi connectivity index (χ4n) is 2.52. The van der Waals surface area contributed by atoms with Crippen molar-refractivity contribution in [3.8, 4) is 0 Å². The molecule has 5 nitrogen and oxygen atoms in total. The van der Waals surface area contributed by atoms with Crippen molar-refractivity contribution in [1.29, 1.82) is 0 Å². The maximum absolute atomic E-state index is 11.6. The van der Waals surface area contributed by atoms with E-state index in [-0.39, 0.29) is 11.9 Å². The second-order valence-corrected chi connectivity index (χ2v) is 4.90. The number of nitrogens with zero attached hydrogens (tertiary/aromatic N) is 2. The van der Waals surface area contributed by atoms with Crippen LogP contribution in [0.15, 0.2) is 0 Å². The Kier molecular flexibility index (Phi) is 5.88. The van der Waals surface area contributed by atoms with E-state index in [1.54, 1.807) is 0 Å². The summed E-state index contributed by atoms with van der Waals surface area (Å²) in [5, 5.41) is 2.84. The molecule has 0 aliphatic carbocycles. The predicted molar refractivity (Wildman–Crippen MR) is 69.8 cm³/mol. The second-order valence-electron chi connectivity index (χ2n) is 4.90. The Bertz CT molecular complexity index is 247. The van der Waals surface area contributed by atoms with Crippen LogP contribution in [0.3, 0.4) is 0 Å².